The molecule has 0 saturated heterocycles. The van der Waals surface area contributed by atoms with Crippen LogP contribution in [0.15, 0.2) is 36.5 Å². The highest BCUT2D eigenvalue weighted by Crippen LogP contribution is 2.11. The third-order valence-corrected chi connectivity index (χ3v) is 2.93. The smallest absolute Gasteiger partial charge is 0.355 e. The standard InChI is InChI=1S/C15H15NO3/c1-10-5-3-4-6-12(10)9-19-15(18)14-7-13(8-16-14)11(2)17/h3-8,16H,9H2,1-2H3. The lowest BCUT2D eigenvalue weighted by atomic mass is 10.1. The van der Waals surface area contributed by atoms with Crippen molar-refractivity contribution in [2.24, 2.45) is 0 Å². The average Bonchev–Trinajstić information content (AvgIpc) is 2.87. The third-order valence-electron chi connectivity index (χ3n) is 2.93. The van der Waals surface area contributed by atoms with Crippen LogP contribution in [-0.4, -0.2) is 16.7 Å². The molecule has 98 valence electrons. The quantitative estimate of drug-likeness (QED) is 0.676. The van der Waals surface area contributed by atoms with Crippen molar-refractivity contribution in [3.63, 3.8) is 0 Å². The van der Waals surface area contributed by atoms with Crippen LogP contribution in [0.4, 0.5) is 0 Å². The number of hydrogen-bond donors (Lipinski definition) is 1. The molecule has 0 unspecified atom stereocenters. The molecule has 19 heavy (non-hydrogen) atoms. The van der Waals surface area contributed by atoms with Crippen LogP contribution < -0.4 is 0 Å². The Hall–Kier alpha value is -2.36. The van der Waals surface area contributed by atoms with Crippen LogP contribution in [0.2, 0.25) is 0 Å². The molecule has 0 spiro atoms. The summed E-state index contributed by atoms with van der Waals surface area (Å²) in [6, 6.07) is 9.22. The highest BCUT2D eigenvalue weighted by Gasteiger charge is 2.12. The van der Waals surface area contributed by atoms with Crippen LogP contribution >= 0.6 is 0 Å². The highest BCUT2D eigenvalue weighted by atomic mass is 16.5. The number of aromatic amines is 1. The lowest BCUT2D eigenvalue weighted by Gasteiger charge is -2.06. The second-order valence-electron chi connectivity index (χ2n) is 4.36. The number of Topliss-reactive ketones (excluding diaryl/α,β-unsaturated/α-hetero) is 1. The van der Waals surface area contributed by atoms with Crippen LogP contribution in [0.3, 0.4) is 0 Å². The lowest BCUT2D eigenvalue weighted by Crippen LogP contribution is -2.06. The Morgan fingerprint density at radius 3 is 2.63 bits per heavy atom. The number of esters is 1. The van der Waals surface area contributed by atoms with Gasteiger partial charge in [-0.25, -0.2) is 4.79 Å². The molecule has 4 heteroatoms. The van der Waals surface area contributed by atoms with E-state index in [9.17, 15) is 9.59 Å². The van der Waals surface area contributed by atoms with Crippen LogP contribution in [0, 0.1) is 6.92 Å². The van der Waals surface area contributed by atoms with Crippen molar-refractivity contribution < 1.29 is 14.3 Å². The Bertz CT molecular complexity index is 613. The molecule has 0 radical (unpaired) electrons. The normalized spacial score (nSPS) is 10.2. The Morgan fingerprint density at radius 2 is 2.00 bits per heavy atom. The fourth-order valence-electron chi connectivity index (χ4n) is 1.71. The van der Waals surface area contributed by atoms with Crippen LogP contribution in [0.5, 0.6) is 0 Å². The van der Waals surface area contributed by atoms with Crippen molar-refractivity contribution in [3.8, 4) is 0 Å². The van der Waals surface area contributed by atoms with Gasteiger partial charge in [0.25, 0.3) is 0 Å². The van der Waals surface area contributed by atoms with Gasteiger partial charge in [0.15, 0.2) is 5.78 Å². The summed E-state index contributed by atoms with van der Waals surface area (Å²) in [5.41, 5.74) is 2.81. The summed E-state index contributed by atoms with van der Waals surface area (Å²) in [5.74, 6) is -0.551. The molecule has 0 fully saturated rings. The molecule has 0 saturated carbocycles. The molecule has 1 aromatic heterocycles. The van der Waals surface area contributed by atoms with Gasteiger partial charge >= 0.3 is 5.97 Å². The number of H-pyrrole nitrogens is 1. The summed E-state index contributed by atoms with van der Waals surface area (Å²) in [5, 5.41) is 0. The van der Waals surface area contributed by atoms with E-state index in [0.717, 1.165) is 11.1 Å². The topological polar surface area (TPSA) is 59.2 Å². The van der Waals surface area contributed by atoms with Crippen LogP contribution in [0.1, 0.15) is 38.9 Å². The van der Waals surface area contributed by atoms with E-state index in [1.165, 1.54) is 19.2 Å². The van der Waals surface area contributed by atoms with E-state index < -0.39 is 5.97 Å². The van der Waals surface area contributed by atoms with Crippen LogP contribution in [0.25, 0.3) is 0 Å². The van der Waals surface area contributed by atoms with Crippen molar-refractivity contribution in [2.45, 2.75) is 20.5 Å². The van der Waals surface area contributed by atoms with Gasteiger partial charge in [0, 0.05) is 11.8 Å². The number of nitrogens with one attached hydrogen (secondary N) is 1. The Labute approximate surface area is 111 Å². The fourth-order valence-corrected chi connectivity index (χ4v) is 1.71. The zero-order valence-electron chi connectivity index (χ0n) is 10.9. The number of ether oxygens (including phenoxy) is 1. The summed E-state index contributed by atoms with van der Waals surface area (Å²) >= 11 is 0. The summed E-state index contributed by atoms with van der Waals surface area (Å²) < 4.78 is 5.21. The zero-order chi connectivity index (χ0) is 13.8. The number of rotatable bonds is 4. The van der Waals surface area contributed by atoms with E-state index in [1.807, 2.05) is 31.2 Å². The number of carbonyl (C=O) groups is 2. The third kappa shape index (κ3) is 3.10. The maximum atomic E-state index is 11.8. The average molecular weight is 257 g/mol. The predicted octanol–water partition coefficient (Wildman–Crippen LogP) is 2.88. The molecule has 0 bridgehead atoms. The van der Waals surface area contributed by atoms with Gasteiger partial charge in [-0.15, -0.1) is 0 Å². The minimum Gasteiger partial charge on any atom is -0.456 e. The summed E-state index contributed by atoms with van der Waals surface area (Å²) in [4.78, 5) is 25.7. The fraction of sp³-hybridized carbons (Fsp3) is 0.200. The van der Waals surface area contributed by atoms with Crippen molar-refractivity contribution in [3.05, 3.63) is 58.9 Å². The SMILES string of the molecule is CC(=O)c1c[nH]c(C(=O)OCc2ccccc2C)c1. The van der Waals surface area contributed by atoms with Gasteiger partial charge < -0.3 is 9.72 Å². The van der Waals surface area contributed by atoms with E-state index in [-0.39, 0.29) is 12.4 Å². The summed E-state index contributed by atoms with van der Waals surface area (Å²) in [6.45, 7) is 3.64. The monoisotopic (exact) mass is 257 g/mol. The number of benzene rings is 1. The van der Waals surface area contributed by atoms with Crippen molar-refractivity contribution >= 4 is 11.8 Å². The summed E-state index contributed by atoms with van der Waals surface area (Å²) in [7, 11) is 0. The molecule has 0 aliphatic heterocycles. The minimum atomic E-state index is -0.462. The van der Waals surface area contributed by atoms with E-state index in [2.05, 4.69) is 4.98 Å². The molecule has 0 amide bonds. The van der Waals surface area contributed by atoms with Gasteiger partial charge in [0.2, 0.25) is 0 Å². The first-order valence-electron chi connectivity index (χ1n) is 5.99. The maximum Gasteiger partial charge on any atom is 0.355 e. The molecule has 2 rings (SSSR count). The molecule has 1 aromatic carbocycles. The molecule has 0 atom stereocenters. The van der Waals surface area contributed by atoms with Gasteiger partial charge in [-0.05, 0) is 31.0 Å². The van der Waals surface area contributed by atoms with Gasteiger partial charge in [0.05, 0.1) is 0 Å². The number of carbonyl (C=O) groups excluding carboxylic acids is 2. The molecule has 0 aliphatic rings. The molecular formula is C15H15NO3. The first-order valence-corrected chi connectivity index (χ1v) is 5.99. The largest absolute Gasteiger partial charge is 0.456 e. The molecule has 4 nitrogen and oxygen atoms in total. The zero-order valence-corrected chi connectivity index (χ0v) is 10.9. The van der Waals surface area contributed by atoms with Crippen molar-refractivity contribution in [1.82, 2.24) is 4.98 Å². The van der Waals surface area contributed by atoms with E-state index in [4.69, 9.17) is 4.74 Å². The number of hydrogen-bond acceptors (Lipinski definition) is 3. The Morgan fingerprint density at radius 1 is 1.26 bits per heavy atom. The van der Waals surface area contributed by atoms with Crippen molar-refractivity contribution in [2.75, 3.05) is 0 Å². The van der Waals surface area contributed by atoms with E-state index in [0.29, 0.717) is 11.3 Å². The van der Waals surface area contributed by atoms with Gasteiger partial charge in [0.1, 0.15) is 12.3 Å². The molecular weight excluding hydrogens is 242 g/mol. The molecule has 1 N–H and O–H groups in total. The number of aryl methyl sites for hydroxylation is 1. The predicted molar refractivity (Wildman–Crippen MR) is 71.1 cm³/mol. The first kappa shape index (κ1) is 13.1. The van der Waals surface area contributed by atoms with Crippen LogP contribution in [-0.2, 0) is 11.3 Å². The molecule has 1 heterocycles. The van der Waals surface area contributed by atoms with E-state index in [1.54, 1.807) is 0 Å². The molecule has 2 aromatic rings. The lowest BCUT2D eigenvalue weighted by molar-refractivity contribution is 0.0466. The summed E-state index contributed by atoms with van der Waals surface area (Å²) in [6.07, 6.45) is 1.51. The van der Waals surface area contributed by atoms with Crippen molar-refractivity contribution in [1.29, 1.82) is 0 Å². The number of aromatic nitrogens is 1. The minimum absolute atomic E-state index is 0.0887. The van der Waals surface area contributed by atoms with Gasteiger partial charge in [-0.3, -0.25) is 4.79 Å². The second kappa shape index (κ2) is 5.52. The molecule has 0 aliphatic carbocycles. The Balaban J connectivity index is 2.01. The maximum absolute atomic E-state index is 11.8. The highest BCUT2D eigenvalue weighted by molar-refractivity contribution is 5.97. The second-order valence-corrected chi connectivity index (χ2v) is 4.36. The number of ketones is 1. The first-order chi connectivity index (χ1) is 9.08. The van der Waals surface area contributed by atoms with Gasteiger partial charge in [-0.1, -0.05) is 24.3 Å². The van der Waals surface area contributed by atoms with E-state index >= 15 is 0 Å². The Kier molecular flexibility index (Phi) is 3.80. The van der Waals surface area contributed by atoms with Gasteiger partial charge in [-0.2, -0.15) is 0 Å².